The first-order valence-electron chi connectivity index (χ1n) is 10.8. The molecule has 3 heterocycles. The van der Waals surface area contributed by atoms with Crippen molar-refractivity contribution in [2.45, 2.75) is 25.0 Å². The molecule has 1 aliphatic rings. The van der Waals surface area contributed by atoms with Crippen LogP contribution in [0.2, 0.25) is 0 Å². The number of fused-ring (bicyclic) bond motifs is 3. The van der Waals surface area contributed by atoms with E-state index in [1.807, 2.05) is 41.7 Å². The number of nitrogens with two attached hydrogens (primary N) is 1. The predicted octanol–water partition coefficient (Wildman–Crippen LogP) is 2.08. The zero-order chi connectivity index (χ0) is 23.8. The maximum Gasteiger partial charge on any atom is 0.364 e. The summed E-state index contributed by atoms with van der Waals surface area (Å²) in [6.45, 7) is 0.303. The van der Waals surface area contributed by atoms with Gasteiger partial charge in [-0.3, -0.25) is 14.8 Å². The third-order valence-corrected chi connectivity index (χ3v) is 6.34. The Kier molecular flexibility index (Phi) is 5.50. The van der Waals surface area contributed by atoms with Crippen molar-refractivity contribution in [1.82, 2.24) is 14.8 Å². The molecule has 2 aromatic carbocycles. The number of nitrogens with one attached hydrogen (secondary N) is 1. The fraction of sp³-hybridized carbons (Fsp3) is 0.250. The van der Waals surface area contributed by atoms with Gasteiger partial charge in [-0.1, -0.05) is 18.2 Å². The van der Waals surface area contributed by atoms with E-state index in [4.69, 9.17) is 9.47 Å². The fourth-order valence-electron chi connectivity index (χ4n) is 4.74. The molecule has 10 nitrogen and oxygen atoms in total. The fourth-order valence-corrected chi connectivity index (χ4v) is 4.74. The van der Waals surface area contributed by atoms with Crippen molar-refractivity contribution in [2.24, 2.45) is 0 Å². The molecule has 0 unspecified atom stereocenters. The van der Waals surface area contributed by atoms with Crippen molar-refractivity contribution in [3.63, 3.8) is 0 Å². The van der Waals surface area contributed by atoms with Crippen molar-refractivity contribution in [3.05, 3.63) is 87.4 Å². The third-order valence-electron chi connectivity index (χ3n) is 6.34. The molecule has 0 bridgehead atoms. The van der Waals surface area contributed by atoms with Gasteiger partial charge in [0, 0.05) is 28.5 Å². The van der Waals surface area contributed by atoms with E-state index in [0.29, 0.717) is 18.7 Å². The van der Waals surface area contributed by atoms with Crippen LogP contribution < -0.4 is 10.1 Å². The number of hydrogen-bond acceptors (Lipinski definition) is 6. The normalized spacial score (nSPS) is 17.4. The van der Waals surface area contributed by atoms with E-state index in [1.54, 1.807) is 7.11 Å². The maximum atomic E-state index is 12.5. The summed E-state index contributed by atoms with van der Waals surface area (Å²) in [4.78, 5) is 26.6. The summed E-state index contributed by atoms with van der Waals surface area (Å²) in [6.07, 6.45) is 3.19. The number of methoxy groups -OCH3 is 2. The molecule has 4 aromatic rings. The minimum Gasteiger partial charge on any atom is -0.496 e. The van der Waals surface area contributed by atoms with Crippen LogP contribution in [0.3, 0.4) is 0 Å². The Balaban J connectivity index is 1.57. The van der Waals surface area contributed by atoms with Crippen LogP contribution >= 0.6 is 0 Å². The molecule has 0 saturated carbocycles. The Morgan fingerprint density at radius 1 is 1.29 bits per heavy atom. The highest BCUT2D eigenvalue weighted by molar-refractivity contribution is 5.86. The molecule has 3 N–H and O–H groups in total. The number of nitrogens with zero attached hydrogens (tertiary/aromatic N) is 3. The van der Waals surface area contributed by atoms with Gasteiger partial charge in [-0.15, -0.1) is 0 Å². The SMILES string of the molecule is COC(=O)[C@H]1Cc2c([nH]c3ccccc23)[C@@H](c2ccc(OC)c(Cn3cc([N+](=O)[O-])cn3)c2)[NH2+]1. The van der Waals surface area contributed by atoms with Crippen molar-refractivity contribution in [1.29, 1.82) is 0 Å². The van der Waals surface area contributed by atoms with E-state index >= 15 is 0 Å². The van der Waals surface area contributed by atoms with E-state index in [-0.39, 0.29) is 23.7 Å². The van der Waals surface area contributed by atoms with E-state index in [1.165, 1.54) is 24.2 Å². The van der Waals surface area contributed by atoms with E-state index in [2.05, 4.69) is 16.1 Å². The standard InChI is InChI=1S/C24H23N5O5/c1-33-21-8-7-14(9-15(21)12-28-13-16(11-25-28)29(31)32)22-23-18(10-20(27-22)24(30)34-2)17-5-3-4-6-19(17)26-23/h3-9,11,13,20,22,26-27H,10,12H2,1-2H3/p+1/t20-,22-/m1/s1. The molecule has 1 aliphatic heterocycles. The second kappa shape index (κ2) is 8.64. The van der Waals surface area contributed by atoms with Crippen LogP contribution in [0.5, 0.6) is 5.75 Å². The van der Waals surface area contributed by atoms with Crippen molar-refractivity contribution in [2.75, 3.05) is 14.2 Å². The molecule has 5 rings (SSSR count). The number of benzene rings is 2. The van der Waals surface area contributed by atoms with Gasteiger partial charge < -0.3 is 19.8 Å². The molecule has 0 aliphatic carbocycles. The van der Waals surface area contributed by atoms with E-state index in [0.717, 1.165) is 33.3 Å². The van der Waals surface area contributed by atoms with Crippen LogP contribution in [0.1, 0.15) is 28.4 Å². The first-order valence-corrected chi connectivity index (χ1v) is 10.8. The number of aromatic nitrogens is 3. The second-order valence-corrected chi connectivity index (χ2v) is 8.29. The molecule has 0 saturated heterocycles. The van der Waals surface area contributed by atoms with Gasteiger partial charge >= 0.3 is 11.7 Å². The number of carbonyl (C=O) groups is 1. The van der Waals surface area contributed by atoms with Gasteiger partial charge in [-0.25, -0.2) is 4.79 Å². The molecule has 0 fully saturated rings. The topological polar surface area (TPSA) is 129 Å². The van der Waals surface area contributed by atoms with Crippen molar-refractivity contribution in [3.8, 4) is 5.75 Å². The Morgan fingerprint density at radius 3 is 2.85 bits per heavy atom. The highest BCUT2D eigenvalue weighted by atomic mass is 16.6. The van der Waals surface area contributed by atoms with Crippen LogP contribution in [0.4, 0.5) is 5.69 Å². The highest BCUT2D eigenvalue weighted by Gasteiger charge is 2.38. The predicted molar refractivity (Wildman–Crippen MR) is 123 cm³/mol. The second-order valence-electron chi connectivity index (χ2n) is 8.29. The molecule has 0 amide bonds. The molecular formula is C24H24N5O5+. The number of carbonyl (C=O) groups excluding carboxylic acids is 1. The number of aromatic amines is 1. The van der Waals surface area contributed by atoms with Crippen LogP contribution in [-0.2, 0) is 22.5 Å². The number of esters is 1. The van der Waals surface area contributed by atoms with E-state index in [9.17, 15) is 14.9 Å². The van der Waals surface area contributed by atoms with Gasteiger partial charge in [0.2, 0.25) is 0 Å². The summed E-state index contributed by atoms with van der Waals surface area (Å²) in [5, 5.41) is 18.3. The summed E-state index contributed by atoms with van der Waals surface area (Å²) >= 11 is 0. The Hall–Kier alpha value is -4.18. The lowest BCUT2D eigenvalue weighted by Gasteiger charge is -2.27. The number of ether oxygens (including phenoxy) is 2. The van der Waals surface area contributed by atoms with Gasteiger partial charge in [0.05, 0.1) is 31.4 Å². The lowest BCUT2D eigenvalue weighted by atomic mass is 9.89. The Morgan fingerprint density at radius 2 is 2.12 bits per heavy atom. The Bertz CT molecular complexity index is 1390. The lowest BCUT2D eigenvalue weighted by Crippen LogP contribution is -2.94. The summed E-state index contributed by atoms with van der Waals surface area (Å²) in [6, 6.07) is 13.4. The third kappa shape index (κ3) is 3.77. The maximum absolute atomic E-state index is 12.5. The summed E-state index contributed by atoms with van der Waals surface area (Å²) in [5.74, 6) is 0.387. The van der Waals surface area contributed by atoms with Crippen LogP contribution in [0, 0.1) is 10.1 Å². The molecule has 0 spiro atoms. The largest absolute Gasteiger partial charge is 0.496 e. The van der Waals surface area contributed by atoms with Crippen molar-refractivity contribution < 1.29 is 24.5 Å². The number of nitro groups is 1. The summed E-state index contributed by atoms with van der Waals surface area (Å²) < 4.78 is 12.1. The zero-order valence-electron chi connectivity index (χ0n) is 18.7. The average Bonchev–Trinajstić information content (AvgIpc) is 3.47. The molecule has 34 heavy (non-hydrogen) atoms. The molecule has 10 heteroatoms. The van der Waals surface area contributed by atoms with Crippen LogP contribution in [-0.4, -0.2) is 45.9 Å². The van der Waals surface area contributed by atoms with Gasteiger partial charge in [0.1, 0.15) is 18.1 Å². The number of hydrogen-bond donors (Lipinski definition) is 2. The lowest BCUT2D eigenvalue weighted by molar-refractivity contribution is -0.712. The molecule has 2 aromatic heterocycles. The number of para-hydroxylation sites is 1. The van der Waals surface area contributed by atoms with E-state index < -0.39 is 4.92 Å². The molecular weight excluding hydrogens is 438 g/mol. The van der Waals surface area contributed by atoms with Gasteiger partial charge in [-0.05, 0) is 29.8 Å². The van der Waals surface area contributed by atoms with Crippen LogP contribution in [0.15, 0.2) is 54.9 Å². The molecule has 0 radical (unpaired) electrons. The molecule has 2 atom stereocenters. The average molecular weight is 462 g/mol. The molecule has 174 valence electrons. The minimum atomic E-state index is -0.474. The smallest absolute Gasteiger partial charge is 0.364 e. The number of rotatable bonds is 6. The zero-order valence-corrected chi connectivity index (χ0v) is 18.7. The first-order chi connectivity index (χ1) is 16.5. The van der Waals surface area contributed by atoms with Gasteiger partial charge in [0.25, 0.3) is 0 Å². The van der Waals surface area contributed by atoms with Crippen molar-refractivity contribution >= 4 is 22.6 Å². The monoisotopic (exact) mass is 462 g/mol. The van der Waals surface area contributed by atoms with Gasteiger partial charge in [-0.2, -0.15) is 5.10 Å². The minimum absolute atomic E-state index is 0.0700. The summed E-state index contributed by atoms with van der Waals surface area (Å²) in [5.41, 5.74) is 4.90. The Labute approximate surface area is 194 Å². The van der Waals surface area contributed by atoms with Gasteiger partial charge in [0.15, 0.2) is 12.1 Å². The number of quaternary nitrogens is 1. The summed E-state index contributed by atoms with van der Waals surface area (Å²) in [7, 11) is 2.99. The first kappa shape index (κ1) is 21.7. The highest BCUT2D eigenvalue weighted by Crippen LogP contribution is 2.33. The number of H-pyrrole nitrogens is 1. The van der Waals surface area contributed by atoms with Crippen LogP contribution in [0.25, 0.3) is 10.9 Å². The quantitative estimate of drug-likeness (QED) is 0.256.